The number of nitrogens with zero attached hydrogens (tertiary/aromatic N) is 2. The lowest BCUT2D eigenvalue weighted by molar-refractivity contribution is 0.0873. The molecule has 2 heterocycles. The summed E-state index contributed by atoms with van der Waals surface area (Å²) in [5, 5.41) is 3.02. The molecule has 2 atom stereocenters. The van der Waals surface area contributed by atoms with Gasteiger partial charge in [-0.3, -0.25) is 14.7 Å². The second-order valence-electron chi connectivity index (χ2n) is 8.07. The molecule has 1 aliphatic rings. The number of pyridine rings is 1. The van der Waals surface area contributed by atoms with E-state index in [0.717, 1.165) is 25.5 Å². The predicted octanol–water partition coefficient (Wildman–Crippen LogP) is 4.88. The molecule has 0 spiro atoms. The van der Waals surface area contributed by atoms with Crippen molar-refractivity contribution in [1.82, 2.24) is 15.2 Å². The van der Waals surface area contributed by atoms with Gasteiger partial charge in [0.25, 0.3) is 5.91 Å². The molecule has 0 bridgehead atoms. The molecule has 1 N–H and O–H groups in total. The second-order valence-corrected chi connectivity index (χ2v) is 8.07. The number of carbonyl (C=O) groups is 1. The zero-order valence-corrected chi connectivity index (χ0v) is 17.5. The van der Waals surface area contributed by atoms with E-state index >= 15 is 0 Å². The van der Waals surface area contributed by atoms with Gasteiger partial charge in [-0.1, -0.05) is 24.3 Å². The minimum atomic E-state index is -0.857. The van der Waals surface area contributed by atoms with Gasteiger partial charge < -0.3 is 5.32 Å². The Morgan fingerprint density at radius 2 is 1.94 bits per heavy atom. The fourth-order valence-corrected chi connectivity index (χ4v) is 4.27. The third-order valence-corrected chi connectivity index (χ3v) is 5.82. The number of piperidine rings is 1. The maximum Gasteiger partial charge on any atom is 0.251 e. The molecule has 0 saturated carbocycles. The molecule has 1 fully saturated rings. The van der Waals surface area contributed by atoms with Gasteiger partial charge in [0, 0.05) is 30.4 Å². The minimum absolute atomic E-state index is 0.00720. The van der Waals surface area contributed by atoms with Gasteiger partial charge >= 0.3 is 0 Å². The van der Waals surface area contributed by atoms with Gasteiger partial charge in [0.2, 0.25) is 0 Å². The van der Waals surface area contributed by atoms with Crippen molar-refractivity contribution in [1.29, 1.82) is 0 Å². The smallest absolute Gasteiger partial charge is 0.251 e. The number of carbonyl (C=O) groups excluding carboxylic acids is 1. The van der Waals surface area contributed by atoms with Crippen LogP contribution in [0.1, 0.15) is 40.5 Å². The van der Waals surface area contributed by atoms with Gasteiger partial charge in [0.1, 0.15) is 5.82 Å². The number of rotatable bonds is 6. The number of aromatic nitrogens is 1. The zero-order chi connectivity index (χ0) is 22.5. The van der Waals surface area contributed by atoms with E-state index < -0.39 is 23.5 Å². The summed E-state index contributed by atoms with van der Waals surface area (Å²) in [4.78, 5) is 19.4. The number of nitrogens with one attached hydrogen (secondary N) is 1. The maximum absolute atomic E-state index is 14.2. The number of hydrogen-bond acceptors (Lipinski definition) is 3. The van der Waals surface area contributed by atoms with Gasteiger partial charge in [0.05, 0.1) is 11.7 Å². The first-order valence-electron chi connectivity index (χ1n) is 10.6. The number of halogens is 3. The molecule has 1 aromatic heterocycles. The van der Waals surface area contributed by atoms with Crippen LogP contribution >= 0.6 is 0 Å². The molecule has 1 saturated heterocycles. The molecule has 0 unspecified atom stereocenters. The number of benzene rings is 2. The summed E-state index contributed by atoms with van der Waals surface area (Å²) in [7, 11) is 0. The van der Waals surface area contributed by atoms with E-state index in [4.69, 9.17) is 0 Å². The summed E-state index contributed by atoms with van der Waals surface area (Å²) in [6, 6.07) is 14.9. The predicted molar refractivity (Wildman–Crippen MR) is 115 cm³/mol. The lowest BCUT2D eigenvalue weighted by Crippen LogP contribution is -2.43. The molecule has 7 heteroatoms. The fraction of sp³-hybridized carbons (Fsp3) is 0.280. The summed E-state index contributed by atoms with van der Waals surface area (Å²) >= 11 is 0. The highest BCUT2D eigenvalue weighted by molar-refractivity contribution is 5.94. The average molecular weight is 439 g/mol. The van der Waals surface area contributed by atoms with Crippen LogP contribution in [0.3, 0.4) is 0 Å². The van der Waals surface area contributed by atoms with E-state index in [-0.39, 0.29) is 23.9 Å². The molecule has 32 heavy (non-hydrogen) atoms. The molecule has 3 aromatic rings. The van der Waals surface area contributed by atoms with Crippen LogP contribution in [-0.4, -0.2) is 28.9 Å². The van der Waals surface area contributed by atoms with E-state index in [9.17, 15) is 18.0 Å². The van der Waals surface area contributed by atoms with Gasteiger partial charge in [-0.15, -0.1) is 0 Å². The molecule has 1 amide bonds. The topological polar surface area (TPSA) is 45.2 Å². The van der Waals surface area contributed by atoms with Crippen molar-refractivity contribution in [2.75, 3.05) is 13.1 Å². The molecule has 1 aliphatic heterocycles. The van der Waals surface area contributed by atoms with Crippen LogP contribution in [0.25, 0.3) is 0 Å². The maximum atomic E-state index is 14.2. The Morgan fingerprint density at radius 1 is 1.09 bits per heavy atom. The quantitative estimate of drug-likeness (QED) is 0.595. The summed E-state index contributed by atoms with van der Waals surface area (Å²) in [5.74, 6) is -2.53. The van der Waals surface area contributed by atoms with E-state index in [1.807, 2.05) is 12.1 Å². The molecule has 4 nitrogen and oxygen atoms in total. The van der Waals surface area contributed by atoms with E-state index in [1.165, 1.54) is 24.3 Å². The van der Waals surface area contributed by atoms with Crippen molar-refractivity contribution in [3.05, 3.63) is 101 Å². The standard InChI is InChI=1S/C25H24F3N3O/c26-20-9-3-6-17(14-20)25(32)30-24(22-11-1-2-12-29-22)19-8-5-13-31(16-19)15-18-7-4-10-21(27)23(18)28/h1-4,6-7,9-12,14,19,24H,5,8,13,15-16H2,(H,30,32)/t19-,24-/m0/s1. The Kier molecular flexibility index (Phi) is 6.85. The monoisotopic (exact) mass is 439 g/mol. The van der Waals surface area contributed by atoms with Crippen molar-refractivity contribution in [3.63, 3.8) is 0 Å². The molecule has 0 aliphatic carbocycles. The van der Waals surface area contributed by atoms with Crippen molar-refractivity contribution in [2.45, 2.75) is 25.4 Å². The first-order chi connectivity index (χ1) is 15.5. The molecule has 4 rings (SSSR count). The van der Waals surface area contributed by atoms with Crippen LogP contribution < -0.4 is 5.32 Å². The van der Waals surface area contributed by atoms with Crippen LogP contribution in [-0.2, 0) is 6.54 Å². The highest BCUT2D eigenvalue weighted by atomic mass is 19.2. The lowest BCUT2D eigenvalue weighted by atomic mass is 9.88. The lowest BCUT2D eigenvalue weighted by Gasteiger charge is -2.37. The largest absolute Gasteiger partial charge is 0.343 e. The first kappa shape index (κ1) is 22.0. The highest BCUT2D eigenvalue weighted by Crippen LogP contribution is 2.30. The number of hydrogen-bond donors (Lipinski definition) is 1. The van der Waals surface area contributed by atoms with E-state index in [1.54, 1.807) is 24.4 Å². The van der Waals surface area contributed by atoms with Crippen molar-refractivity contribution >= 4 is 5.91 Å². The Bertz CT molecular complexity index is 1080. The number of likely N-dealkylation sites (tertiary alicyclic amines) is 1. The average Bonchev–Trinajstić information content (AvgIpc) is 2.81. The zero-order valence-electron chi connectivity index (χ0n) is 17.5. The van der Waals surface area contributed by atoms with Crippen molar-refractivity contribution in [2.24, 2.45) is 5.92 Å². The van der Waals surface area contributed by atoms with Gasteiger partial charge in [0.15, 0.2) is 11.6 Å². The highest BCUT2D eigenvalue weighted by Gasteiger charge is 2.31. The van der Waals surface area contributed by atoms with Gasteiger partial charge in [-0.05, 0) is 61.7 Å². The Hall–Kier alpha value is -3.19. The Labute approximate surface area is 185 Å². The van der Waals surface area contributed by atoms with Crippen LogP contribution in [0, 0.1) is 23.4 Å². The Morgan fingerprint density at radius 3 is 2.72 bits per heavy atom. The third-order valence-electron chi connectivity index (χ3n) is 5.82. The molecule has 166 valence electrons. The number of amides is 1. The van der Waals surface area contributed by atoms with Crippen LogP contribution in [0.4, 0.5) is 13.2 Å². The van der Waals surface area contributed by atoms with Gasteiger partial charge in [-0.25, -0.2) is 13.2 Å². The van der Waals surface area contributed by atoms with Crippen LogP contribution in [0.5, 0.6) is 0 Å². The molecular formula is C25H24F3N3O. The summed E-state index contributed by atoms with van der Waals surface area (Å²) in [6.45, 7) is 1.62. The second kappa shape index (κ2) is 9.96. The van der Waals surface area contributed by atoms with Crippen LogP contribution in [0.2, 0.25) is 0 Å². The minimum Gasteiger partial charge on any atom is -0.343 e. The molecule has 0 radical (unpaired) electrons. The summed E-state index contributed by atoms with van der Waals surface area (Å²) < 4.78 is 41.4. The summed E-state index contributed by atoms with van der Waals surface area (Å²) in [6.07, 6.45) is 3.35. The van der Waals surface area contributed by atoms with E-state index in [0.29, 0.717) is 17.8 Å². The van der Waals surface area contributed by atoms with Crippen molar-refractivity contribution < 1.29 is 18.0 Å². The molecular weight excluding hydrogens is 415 g/mol. The normalized spacial score (nSPS) is 17.7. The van der Waals surface area contributed by atoms with Crippen molar-refractivity contribution in [3.8, 4) is 0 Å². The third kappa shape index (κ3) is 5.16. The van der Waals surface area contributed by atoms with E-state index in [2.05, 4.69) is 15.2 Å². The van der Waals surface area contributed by atoms with Crippen LogP contribution in [0.15, 0.2) is 66.9 Å². The fourth-order valence-electron chi connectivity index (χ4n) is 4.27. The summed E-state index contributed by atoms with van der Waals surface area (Å²) in [5.41, 5.74) is 1.25. The van der Waals surface area contributed by atoms with Gasteiger partial charge in [-0.2, -0.15) is 0 Å². The molecule has 2 aromatic carbocycles. The SMILES string of the molecule is O=C(N[C@H](c1ccccn1)[C@H]1CCCN(Cc2cccc(F)c2F)C1)c1cccc(F)c1. The first-order valence-corrected chi connectivity index (χ1v) is 10.6. The Balaban J connectivity index is 1.54.